The van der Waals surface area contributed by atoms with Crippen LogP contribution >= 0.6 is 0 Å². The van der Waals surface area contributed by atoms with Gasteiger partial charge in [-0.15, -0.1) is 0 Å². The molecule has 5 heteroatoms. The zero-order chi connectivity index (χ0) is 23.7. The van der Waals surface area contributed by atoms with Crippen molar-refractivity contribution in [3.05, 3.63) is 100 Å². The molecule has 0 aromatic heterocycles. The first kappa shape index (κ1) is 22.4. The van der Waals surface area contributed by atoms with Crippen LogP contribution in [0.25, 0.3) is 0 Å². The zero-order valence-electron chi connectivity index (χ0n) is 20.1. The largest absolute Gasteiger partial charge is 0.497 e. The Balaban J connectivity index is 1.41. The number of hydrogen-bond acceptors (Lipinski definition) is 4. The number of benzene rings is 3. The molecule has 0 aliphatic carbocycles. The highest BCUT2D eigenvalue weighted by atomic mass is 16.5. The van der Waals surface area contributed by atoms with Crippen molar-refractivity contribution in [3.63, 3.8) is 0 Å². The van der Waals surface area contributed by atoms with Gasteiger partial charge >= 0.3 is 0 Å². The van der Waals surface area contributed by atoms with Crippen molar-refractivity contribution in [3.8, 4) is 5.75 Å². The average molecular weight is 454 g/mol. The van der Waals surface area contributed by atoms with Gasteiger partial charge in [0.15, 0.2) is 0 Å². The molecule has 5 nitrogen and oxygen atoms in total. The van der Waals surface area contributed by atoms with Gasteiger partial charge in [0.05, 0.1) is 25.4 Å². The minimum Gasteiger partial charge on any atom is -0.497 e. The standard InChI is InChI=1S/C29H31N3O2/c1-20-8-13-26(21(2)16-20)28-17-27(23-9-11-25(34-3)12-10-23)30-32(28)29(33)19-31-15-14-22-6-4-5-7-24(22)18-31/h4-13,16,28H,14-15,17-19H2,1-3H3/t28-/m0/s1. The Morgan fingerprint density at radius 1 is 1.03 bits per heavy atom. The lowest BCUT2D eigenvalue weighted by Gasteiger charge is -2.30. The number of ether oxygens (including phenoxy) is 1. The number of hydrazone groups is 1. The summed E-state index contributed by atoms with van der Waals surface area (Å²) >= 11 is 0. The van der Waals surface area contributed by atoms with Crippen LogP contribution in [0.15, 0.2) is 71.8 Å². The van der Waals surface area contributed by atoms with Crippen molar-refractivity contribution in [2.24, 2.45) is 5.10 Å². The van der Waals surface area contributed by atoms with Crippen molar-refractivity contribution in [1.82, 2.24) is 9.91 Å². The van der Waals surface area contributed by atoms with Gasteiger partial charge in [0, 0.05) is 19.5 Å². The van der Waals surface area contributed by atoms with Crippen molar-refractivity contribution in [2.45, 2.75) is 39.3 Å². The molecule has 2 aliphatic rings. The first-order valence-corrected chi connectivity index (χ1v) is 11.9. The minimum atomic E-state index is -0.0951. The summed E-state index contributed by atoms with van der Waals surface area (Å²) in [4.78, 5) is 15.9. The van der Waals surface area contributed by atoms with Crippen LogP contribution in [-0.4, -0.2) is 41.7 Å². The van der Waals surface area contributed by atoms with Gasteiger partial charge in [0.2, 0.25) is 0 Å². The maximum Gasteiger partial charge on any atom is 0.257 e. The molecule has 0 bridgehead atoms. The van der Waals surface area contributed by atoms with Gasteiger partial charge in [0.1, 0.15) is 5.75 Å². The molecular weight excluding hydrogens is 422 g/mol. The summed E-state index contributed by atoms with van der Waals surface area (Å²) in [5.74, 6) is 0.861. The number of rotatable bonds is 5. The molecule has 2 heterocycles. The third kappa shape index (κ3) is 4.48. The van der Waals surface area contributed by atoms with Gasteiger partial charge in [-0.3, -0.25) is 9.69 Å². The van der Waals surface area contributed by atoms with Crippen LogP contribution in [0.3, 0.4) is 0 Å². The van der Waals surface area contributed by atoms with E-state index in [0.717, 1.165) is 42.1 Å². The summed E-state index contributed by atoms with van der Waals surface area (Å²) in [6.07, 6.45) is 1.68. The summed E-state index contributed by atoms with van der Waals surface area (Å²) in [6, 6.07) is 22.8. The normalized spacial score (nSPS) is 17.9. The second-order valence-corrected chi connectivity index (χ2v) is 9.32. The number of amides is 1. The Morgan fingerprint density at radius 2 is 1.79 bits per heavy atom. The molecule has 0 spiro atoms. The van der Waals surface area contributed by atoms with Crippen LogP contribution in [0, 0.1) is 13.8 Å². The molecule has 2 aliphatic heterocycles. The topological polar surface area (TPSA) is 45.1 Å². The van der Waals surface area contributed by atoms with Gasteiger partial charge in [-0.1, -0.05) is 48.0 Å². The fraction of sp³-hybridized carbons (Fsp3) is 0.310. The van der Waals surface area contributed by atoms with E-state index in [4.69, 9.17) is 9.84 Å². The Labute approximate surface area is 201 Å². The molecule has 0 fully saturated rings. The second kappa shape index (κ2) is 9.43. The van der Waals surface area contributed by atoms with Crippen molar-refractivity contribution >= 4 is 11.6 Å². The third-order valence-corrected chi connectivity index (χ3v) is 6.94. The van der Waals surface area contributed by atoms with Gasteiger partial charge in [-0.05, 0) is 72.4 Å². The van der Waals surface area contributed by atoms with Crippen LogP contribution in [0.5, 0.6) is 5.75 Å². The summed E-state index contributed by atoms with van der Waals surface area (Å²) < 4.78 is 5.31. The molecule has 1 atom stereocenters. The van der Waals surface area contributed by atoms with E-state index in [2.05, 4.69) is 61.2 Å². The van der Waals surface area contributed by atoms with E-state index < -0.39 is 0 Å². The van der Waals surface area contributed by atoms with Gasteiger partial charge in [-0.2, -0.15) is 5.10 Å². The minimum absolute atomic E-state index is 0.0490. The van der Waals surface area contributed by atoms with Crippen LogP contribution in [0.1, 0.15) is 45.8 Å². The van der Waals surface area contributed by atoms with Crippen LogP contribution < -0.4 is 4.74 Å². The van der Waals surface area contributed by atoms with Gasteiger partial charge in [-0.25, -0.2) is 5.01 Å². The maximum atomic E-state index is 13.6. The van der Waals surface area contributed by atoms with Crippen molar-refractivity contribution in [1.29, 1.82) is 0 Å². The average Bonchev–Trinajstić information content (AvgIpc) is 3.29. The van der Waals surface area contributed by atoms with E-state index in [1.165, 1.54) is 22.3 Å². The fourth-order valence-corrected chi connectivity index (χ4v) is 5.09. The van der Waals surface area contributed by atoms with E-state index in [9.17, 15) is 4.79 Å². The quantitative estimate of drug-likeness (QED) is 0.543. The van der Waals surface area contributed by atoms with E-state index in [-0.39, 0.29) is 11.9 Å². The lowest BCUT2D eigenvalue weighted by molar-refractivity contribution is -0.134. The Kier molecular flexibility index (Phi) is 6.20. The smallest absolute Gasteiger partial charge is 0.257 e. The van der Waals surface area contributed by atoms with Crippen LogP contribution in [0.2, 0.25) is 0 Å². The maximum absolute atomic E-state index is 13.6. The van der Waals surface area contributed by atoms with Crippen LogP contribution in [-0.2, 0) is 17.8 Å². The summed E-state index contributed by atoms with van der Waals surface area (Å²) in [6.45, 7) is 6.29. The number of hydrogen-bond donors (Lipinski definition) is 0. The molecule has 0 N–H and O–H groups in total. The van der Waals surface area contributed by atoms with Crippen LogP contribution in [0.4, 0.5) is 0 Å². The molecule has 0 saturated carbocycles. The highest BCUT2D eigenvalue weighted by molar-refractivity contribution is 6.03. The molecule has 0 unspecified atom stereocenters. The van der Waals surface area contributed by atoms with Crippen molar-refractivity contribution < 1.29 is 9.53 Å². The molecule has 5 rings (SSSR count). The summed E-state index contributed by atoms with van der Waals surface area (Å²) in [5.41, 5.74) is 8.25. The summed E-state index contributed by atoms with van der Waals surface area (Å²) in [7, 11) is 1.66. The number of carbonyl (C=O) groups is 1. The van der Waals surface area contributed by atoms with E-state index >= 15 is 0 Å². The third-order valence-electron chi connectivity index (χ3n) is 6.94. The molecule has 0 saturated heterocycles. The number of aryl methyl sites for hydroxylation is 2. The monoisotopic (exact) mass is 453 g/mol. The second-order valence-electron chi connectivity index (χ2n) is 9.32. The Hall–Kier alpha value is -3.44. The molecule has 174 valence electrons. The predicted octanol–water partition coefficient (Wildman–Crippen LogP) is 5.05. The first-order chi connectivity index (χ1) is 16.5. The van der Waals surface area contributed by atoms with E-state index in [1.807, 2.05) is 24.3 Å². The van der Waals surface area contributed by atoms with Crippen molar-refractivity contribution in [2.75, 3.05) is 20.2 Å². The number of carbonyl (C=O) groups excluding carboxylic acids is 1. The highest BCUT2D eigenvalue weighted by Gasteiger charge is 2.34. The zero-order valence-corrected chi connectivity index (χ0v) is 20.1. The predicted molar refractivity (Wildman–Crippen MR) is 135 cm³/mol. The van der Waals surface area contributed by atoms with E-state index in [0.29, 0.717) is 13.0 Å². The molecule has 3 aromatic rings. The number of methoxy groups -OCH3 is 1. The molecule has 0 radical (unpaired) electrons. The highest BCUT2D eigenvalue weighted by Crippen LogP contribution is 2.35. The lowest BCUT2D eigenvalue weighted by atomic mass is 9.94. The number of nitrogens with zero attached hydrogens (tertiary/aromatic N) is 3. The summed E-state index contributed by atoms with van der Waals surface area (Å²) in [5, 5.41) is 6.61. The molecule has 3 aromatic carbocycles. The van der Waals surface area contributed by atoms with Gasteiger partial charge < -0.3 is 4.74 Å². The first-order valence-electron chi connectivity index (χ1n) is 11.9. The number of fused-ring (bicyclic) bond motifs is 1. The Bertz CT molecular complexity index is 1230. The Morgan fingerprint density at radius 3 is 2.53 bits per heavy atom. The van der Waals surface area contributed by atoms with E-state index in [1.54, 1.807) is 12.1 Å². The van der Waals surface area contributed by atoms with Gasteiger partial charge in [0.25, 0.3) is 5.91 Å². The SMILES string of the molecule is COc1ccc(C2=NN(C(=O)CN3CCc4ccccc4C3)[C@H](c3ccc(C)cc3C)C2)cc1. The fourth-order valence-electron chi connectivity index (χ4n) is 5.09. The molecule has 1 amide bonds. The molecular formula is C29H31N3O2. The lowest BCUT2D eigenvalue weighted by Crippen LogP contribution is -2.40. The molecule has 34 heavy (non-hydrogen) atoms.